The summed E-state index contributed by atoms with van der Waals surface area (Å²) in [5, 5.41) is 0. The van der Waals surface area contributed by atoms with Crippen molar-refractivity contribution in [3.8, 4) is 0 Å². The molecule has 1 aromatic rings. The first kappa shape index (κ1) is 19.8. The van der Waals surface area contributed by atoms with E-state index >= 15 is 0 Å². The van der Waals surface area contributed by atoms with E-state index in [0.29, 0.717) is 13.4 Å². The van der Waals surface area contributed by atoms with E-state index in [-0.39, 0.29) is 24.0 Å². The van der Waals surface area contributed by atoms with Crippen LogP contribution in [0, 0.1) is 11.8 Å². The zero-order valence-corrected chi connectivity index (χ0v) is 14.9. The Morgan fingerprint density at radius 1 is 1.00 bits per heavy atom. The summed E-state index contributed by atoms with van der Waals surface area (Å²) in [4.78, 5) is 0. The van der Waals surface area contributed by atoms with E-state index in [9.17, 15) is 0 Å². The highest BCUT2D eigenvalue weighted by Gasteiger charge is 2.28. The van der Waals surface area contributed by atoms with Crippen LogP contribution in [0.4, 0.5) is 0 Å². The molecule has 0 bridgehead atoms. The van der Waals surface area contributed by atoms with Crippen LogP contribution >= 0.6 is 0 Å². The Morgan fingerprint density at radius 3 is 2.26 bits per heavy atom. The SMILES string of the molecule is COCOC[C@H](C)[C@H](OC)[C@H](C)[C@H](/C=C/c1ccccc1)OC. The van der Waals surface area contributed by atoms with Gasteiger partial charge in [0.25, 0.3) is 0 Å². The molecular formula is C19H30O4. The highest BCUT2D eigenvalue weighted by molar-refractivity contribution is 5.49. The molecule has 0 aliphatic heterocycles. The summed E-state index contributed by atoms with van der Waals surface area (Å²) in [7, 11) is 5.09. The molecule has 0 N–H and O–H groups in total. The van der Waals surface area contributed by atoms with Gasteiger partial charge in [0.05, 0.1) is 18.8 Å². The van der Waals surface area contributed by atoms with Crippen molar-refractivity contribution >= 4 is 6.08 Å². The van der Waals surface area contributed by atoms with Crippen molar-refractivity contribution in [1.29, 1.82) is 0 Å². The normalized spacial score (nSPS) is 17.1. The maximum absolute atomic E-state index is 5.70. The summed E-state index contributed by atoms with van der Waals surface area (Å²) >= 11 is 0. The van der Waals surface area contributed by atoms with Crippen molar-refractivity contribution in [2.45, 2.75) is 26.1 Å². The van der Waals surface area contributed by atoms with Gasteiger partial charge < -0.3 is 18.9 Å². The van der Waals surface area contributed by atoms with E-state index in [2.05, 4.69) is 38.1 Å². The topological polar surface area (TPSA) is 36.9 Å². The Hall–Kier alpha value is -1.20. The second-order valence-electron chi connectivity index (χ2n) is 5.78. The molecule has 4 heteroatoms. The van der Waals surface area contributed by atoms with Crippen molar-refractivity contribution in [2.24, 2.45) is 11.8 Å². The lowest BCUT2D eigenvalue weighted by molar-refractivity contribution is -0.0845. The standard InChI is InChI=1S/C19H30O4/c1-15(13-23-14-20-3)19(22-5)16(2)18(21-4)12-11-17-9-7-6-8-10-17/h6-12,15-16,18-19H,13-14H2,1-5H3/b12-11+/t15-,16+,18-,19-/m0/s1. The van der Waals surface area contributed by atoms with Crippen LogP contribution in [0.2, 0.25) is 0 Å². The Morgan fingerprint density at radius 2 is 1.70 bits per heavy atom. The predicted molar refractivity (Wildman–Crippen MR) is 93.2 cm³/mol. The average Bonchev–Trinajstić information content (AvgIpc) is 2.57. The minimum atomic E-state index is -0.0231. The molecule has 1 rings (SSSR count). The molecule has 4 atom stereocenters. The van der Waals surface area contributed by atoms with Crippen molar-refractivity contribution in [1.82, 2.24) is 0 Å². The molecular weight excluding hydrogens is 292 g/mol. The molecule has 0 unspecified atom stereocenters. The van der Waals surface area contributed by atoms with Crippen LogP contribution in [-0.4, -0.2) is 46.9 Å². The lowest BCUT2D eigenvalue weighted by Crippen LogP contribution is -2.37. The lowest BCUT2D eigenvalue weighted by Gasteiger charge is -2.31. The Kier molecular flexibility index (Phi) is 9.80. The largest absolute Gasteiger partial charge is 0.381 e. The zero-order valence-electron chi connectivity index (χ0n) is 14.9. The third-order valence-corrected chi connectivity index (χ3v) is 4.00. The molecule has 0 amide bonds. The van der Waals surface area contributed by atoms with Gasteiger partial charge in [-0.3, -0.25) is 0 Å². The van der Waals surface area contributed by atoms with Crippen molar-refractivity contribution in [2.75, 3.05) is 34.7 Å². The second-order valence-corrected chi connectivity index (χ2v) is 5.78. The Balaban J connectivity index is 2.68. The van der Waals surface area contributed by atoms with Gasteiger partial charge in [-0.05, 0) is 5.56 Å². The molecule has 0 spiro atoms. The molecule has 0 heterocycles. The first-order valence-corrected chi connectivity index (χ1v) is 7.99. The first-order chi connectivity index (χ1) is 11.1. The predicted octanol–water partition coefficient (Wildman–Crippen LogP) is 3.62. The zero-order chi connectivity index (χ0) is 17.1. The number of rotatable bonds is 11. The number of methoxy groups -OCH3 is 3. The van der Waals surface area contributed by atoms with E-state index in [1.807, 2.05) is 18.2 Å². The van der Waals surface area contributed by atoms with E-state index in [0.717, 1.165) is 5.56 Å². The Labute approximate surface area is 140 Å². The van der Waals surface area contributed by atoms with Gasteiger partial charge in [-0.1, -0.05) is 56.3 Å². The van der Waals surface area contributed by atoms with E-state index in [4.69, 9.17) is 18.9 Å². The van der Waals surface area contributed by atoms with Gasteiger partial charge in [0.2, 0.25) is 0 Å². The molecule has 1 aromatic carbocycles. The van der Waals surface area contributed by atoms with Gasteiger partial charge in [-0.25, -0.2) is 0 Å². The summed E-state index contributed by atoms with van der Waals surface area (Å²) < 4.78 is 21.7. The second kappa shape index (κ2) is 11.4. The molecule has 0 saturated heterocycles. The summed E-state index contributed by atoms with van der Waals surface area (Å²) in [6.45, 7) is 5.16. The maximum atomic E-state index is 5.70. The molecule has 23 heavy (non-hydrogen) atoms. The summed E-state index contributed by atoms with van der Waals surface area (Å²) in [6, 6.07) is 10.2. The van der Waals surface area contributed by atoms with Gasteiger partial charge >= 0.3 is 0 Å². The van der Waals surface area contributed by atoms with E-state index < -0.39 is 0 Å². The highest BCUT2D eigenvalue weighted by Crippen LogP contribution is 2.23. The van der Waals surface area contributed by atoms with Gasteiger partial charge in [-0.15, -0.1) is 0 Å². The quantitative estimate of drug-likeness (QED) is 0.460. The lowest BCUT2D eigenvalue weighted by atomic mass is 9.89. The molecule has 130 valence electrons. The van der Waals surface area contributed by atoms with E-state index in [1.54, 1.807) is 21.3 Å². The molecule has 0 saturated carbocycles. The van der Waals surface area contributed by atoms with Crippen molar-refractivity contribution in [3.05, 3.63) is 42.0 Å². The van der Waals surface area contributed by atoms with Gasteiger partial charge in [0, 0.05) is 33.2 Å². The summed E-state index contributed by atoms with van der Waals surface area (Å²) in [5.74, 6) is 0.444. The third-order valence-electron chi connectivity index (χ3n) is 4.00. The van der Waals surface area contributed by atoms with Crippen LogP contribution in [-0.2, 0) is 18.9 Å². The summed E-state index contributed by atoms with van der Waals surface area (Å²) in [5.41, 5.74) is 1.16. The van der Waals surface area contributed by atoms with Gasteiger partial charge in [0.1, 0.15) is 6.79 Å². The highest BCUT2D eigenvalue weighted by atomic mass is 16.7. The molecule has 0 aliphatic carbocycles. The number of benzene rings is 1. The smallest absolute Gasteiger partial charge is 0.146 e. The monoisotopic (exact) mass is 322 g/mol. The molecule has 4 nitrogen and oxygen atoms in total. The van der Waals surface area contributed by atoms with Crippen LogP contribution in [0.3, 0.4) is 0 Å². The van der Waals surface area contributed by atoms with Gasteiger partial charge in [0.15, 0.2) is 0 Å². The van der Waals surface area contributed by atoms with Crippen LogP contribution in [0.1, 0.15) is 19.4 Å². The molecule has 0 fully saturated rings. The fourth-order valence-corrected chi connectivity index (χ4v) is 2.80. The van der Waals surface area contributed by atoms with Crippen LogP contribution in [0.15, 0.2) is 36.4 Å². The number of ether oxygens (including phenoxy) is 4. The first-order valence-electron chi connectivity index (χ1n) is 7.99. The number of hydrogen-bond acceptors (Lipinski definition) is 4. The molecule has 0 aliphatic rings. The van der Waals surface area contributed by atoms with Crippen molar-refractivity contribution in [3.63, 3.8) is 0 Å². The minimum absolute atomic E-state index is 0.0231. The maximum Gasteiger partial charge on any atom is 0.146 e. The molecule has 0 aromatic heterocycles. The number of hydrogen-bond donors (Lipinski definition) is 0. The Bertz CT molecular complexity index is 432. The molecule has 0 radical (unpaired) electrons. The van der Waals surface area contributed by atoms with Crippen LogP contribution in [0.5, 0.6) is 0 Å². The van der Waals surface area contributed by atoms with E-state index in [1.165, 1.54) is 0 Å². The van der Waals surface area contributed by atoms with Crippen molar-refractivity contribution < 1.29 is 18.9 Å². The fraction of sp³-hybridized carbons (Fsp3) is 0.579. The van der Waals surface area contributed by atoms with Gasteiger partial charge in [-0.2, -0.15) is 0 Å². The minimum Gasteiger partial charge on any atom is -0.381 e. The average molecular weight is 322 g/mol. The fourth-order valence-electron chi connectivity index (χ4n) is 2.80. The summed E-state index contributed by atoms with van der Waals surface area (Å²) in [6.07, 6.45) is 4.19. The third kappa shape index (κ3) is 6.83. The van der Waals surface area contributed by atoms with Crippen LogP contribution in [0.25, 0.3) is 6.08 Å². The van der Waals surface area contributed by atoms with Crippen LogP contribution < -0.4 is 0 Å².